The summed E-state index contributed by atoms with van der Waals surface area (Å²) in [5.41, 5.74) is 7.76. The largest absolute Gasteiger partial charge is 0.428 e. The van der Waals surface area contributed by atoms with Gasteiger partial charge < -0.3 is 19.9 Å². The van der Waals surface area contributed by atoms with Crippen LogP contribution in [0.5, 0.6) is 0 Å². The fourth-order valence-electron chi connectivity index (χ4n) is 5.93. The molecular formula is C28H35N5O4S. The van der Waals surface area contributed by atoms with E-state index in [1.165, 1.54) is 6.33 Å². The molecule has 6 rings (SSSR count). The molecule has 2 aliphatic heterocycles. The number of hydrogen-bond donors (Lipinski definition) is 1. The van der Waals surface area contributed by atoms with Gasteiger partial charge in [-0.15, -0.1) is 11.3 Å². The van der Waals surface area contributed by atoms with Crippen molar-refractivity contribution in [1.29, 1.82) is 0 Å². The smallest absolute Gasteiger partial charge is 0.314 e. The number of aromatic nitrogens is 4. The SMILES string of the molecule is Cc1nn(C(C)C2=C(c3ccc(C4OC(C)(C)C(C)(C)O4)s3)C3CCCCC3C(=O)O2)c2ncnc(N)c12. The lowest BCUT2D eigenvalue weighted by atomic mass is 9.72. The Morgan fingerprint density at radius 1 is 1.08 bits per heavy atom. The van der Waals surface area contributed by atoms with Crippen LogP contribution in [-0.2, 0) is 19.0 Å². The van der Waals surface area contributed by atoms with Crippen LogP contribution in [0.4, 0.5) is 5.82 Å². The van der Waals surface area contributed by atoms with Gasteiger partial charge in [-0.25, -0.2) is 14.6 Å². The first kappa shape index (κ1) is 25.5. The number of thiophene rings is 1. The molecule has 0 radical (unpaired) electrons. The van der Waals surface area contributed by atoms with E-state index < -0.39 is 17.5 Å². The summed E-state index contributed by atoms with van der Waals surface area (Å²) in [6, 6.07) is 3.82. The van der Waals surface area contributed by atoms with Gasteiger partial charge in [-0.05, 0) is 66.5 Å². The second-order valence-corrected chi connectivity index (χ2v) is 12.8. The Bertz CT molecular complexity index is 1440. The number of nitrogens with zero attached hydrogens (tertiary/aromatic N) is 4. The van der Waals surface area contributed by atoms with Crippen LogP contribution < -0.4 is 5.73 Å². The maximum atomic E-state index is 13.3. The lowest BCUT2D eigenvalue weighted by Crippen LogP contribution is -2.41. The minimum Gasteiger partial charge on any atom is -0.428 e. The number of nitrogen functional groups attached to an aromatic ring is 1. The molecule has 0 bridgehead atoms. The molecule has 0 spiro atoms. The fourth-order valence-corrected chi connectivity index (χ4v) is 7.01. The van der Waals surface area contributed by atoms with Crippen LogP contribution in [0.1, 0.15) is 88.1 Å². The van der Waals surface area contributed by atoms with E-state index in [2.05, 4.69) is 49.8 Å². The molecule has 10 heteroatoms. The Balaban J connectivity index is 1.46. The number of rotatable bonds is 4. The van der Waals surface area contributed by atoms with Crippen LogP contribution in [0, 0.1) is 18.8 Å². The number of carbonyl (C=O) groups excluding carboxylic acids is 1. The quantitative estimate of drug-likeness (QED) is 0.421. The molecule has 3 aromatic rings. The van der Waals surface area contributed by atoms with Crippen molar-refractivity contribution >= 4 is 39.7 Å². The van der Waals surface area contributed by atoms with Crippen LogP contribution in [0.3, 0.4) is 0 Å². The minimum absolute atomic E-state index is 0.0925. The molecule has 0 amide bonds. The van der Waals surface area contributed by atoms with Gasteiger partial charge in [-0.3, -0.25) is 4.79 Å². The van der Waals surface area contributed by atoms with Crippen molar-refractivity contribution in [1.82, 2.24) is 19.7 Å². The number of carbonyl (C=O) groups is 1. The normalized spacial score (nSPS) is 26.0. The van der Waals surface area contributed by atoms with Crippen LogP contribution in [-0.4, -0.2) is 36.9 Å². The average molecular weight is 538 g/mol. The first-order valence-corrected chi connectivity index (χ1v) is 14.2. The van der Waals surface area contributed by atoms with Crippen LogP contribution in [0.25, 0.3) is 16.6 Å². The summed E-state index contributed by atoms with van der Waals surface area (Å²) in [7, 11) is 0. The number of nitrogens with two attached hydrogens (primary N) is 1. The molecule has 38 heavy (non-hydrogen) atoms. The Labute approximate surface area is 226 Å². The lowest BCUT2D eigenvalue weighted by molar-refractivity contribution is -0.149. The van der Waals surface area contributed by atoms with Crippen molar-refractivity contribution in [3.63, 3.8) is 0 Å². The highest BCUT2D eigenvalue weighted by Gasteiger charge is 2.50. The summed E-state index contributed by atoms with van der Waals surface area (Å²) in [6.07, 6.45) is 4.92. The van der Waals surface area contributed by atoms with Crippen molar-refractivity contribution in [3.05, 3.63) is 39.7 Å². The number of ether oxygens (including phenoxy) is 3. The van der Waals surface area contributed by atoms with Crippen molar-refractivity contribution < 1.29 is 19.0 Å². The lowest BCUT2D eigenvalue weighted by Gasteiger charge is -2.38. The van der Waals surface area contributed by atoms with E-state index in [1.54, 1.807) is 16.0 Å². The van der Waals surface area contributed by atoms with Gasteiger partial charge >= 0.3 is 5.97 Å². The van der Waals surface area contributed by atoms with E-state index in [0.29, 0.717) is 17.2 Å². The molecular weight excluding hydrogens is 502 g/mol. The van der Waals surface area contributed by atoms with Crippen LogP contribution >= 0.6 is 11.3 Å². The third-order valence-electron chi connectivity index (χ3n) is 8.73. The molecule has 3 aliphatic rings. The van der Waals surface area contributed by atoms with Gasteiger partial charge in [0.2, 0.25) is 0 Å². The topological polar surface area (TPSA) is 114 Å². The number of anilines is 1. The zero-order valence-corrected chi connectivity index (χ0v) is 23.6. The molecule has 9 nitrogen and oxygen atoms in total. The van der Waals surface area contributed by atoms with E-state index >= 15 is 0 Å². The Morgan fingerprint density at radius 3 is 2.47 bits per heavy atom. The highest BCUT2D eigenvalue weighted by Crippen LogP contribution is 2.51. The molecule has 0 aromatic carbocycles. The number of esters is 1. The predicted octanol–water partition coefficient (Wildman–Crippen LogP) is 5.72. The van der Waals surface area contributed by atoms with Gasteiger partial charge in [0.05, 0.1) is 33.1 Å². The molecule has 1 saturated carbocycles. The second-order valence-electron chi connectivity index (χ2n) is 11.7. The van der Waals surface area contributed by atoms with Crippen molar-refractivity contribution in [2.24, 2.45) is 11.8 Å². The summed E-state index contributed by atoms with van der Waals surface area (Å²) in [5, 5.41) is 5.48. The molecule has 1 aliphatic carbocycles. The van der Waals surface area contributed by atoms with Gasteiger partial charge in [-0.2, -0.15) is 5.10 Å². The first-order valence-electron chi connectivity index (χ1n) is 13.4. The average Bonchev–Trinajstić information content (AvgIpc) is 3.54. The van der Waals surface area contributed by atoms with E-state index in [9.17, 15) is 4.79 Å². The van der Waals surface area contributed by atoms with Gasteiger partial charge in [-0.1, -0.05) is 12.8 Å². The molecule has 2 N–H and O–H groups in total. The van der Waals surface area contributed by atoms with Gasteiger partial charge in [0.25, 0.3) is 0 Å². The van der Waals surface area contributed by atoms with E-state index in [4.69, 9.17) is 25.0 Å². The van der Waals surface area contributed by atoms with Gasteiger partial charge in [0.1, 0.15) is 23.9 Å². The maximum absolute atomic E-state index is 13.3. The van der Waals surface area contributed by atoms with Crippen molar-refractivity contribution in [2.75, 3.05) is 5.73 Å². The third-order valence-corrected chi connectivity index (χ3v) is 9.87. The van der Waals surface area contributed by atoms with Crippen LogP contribution in [0.2, 0.25) is 0 Å². The van der Waals surface area contributed by atoms with Crippen molar-refractivity contribution in [3.8, 4) is 0 Å². The number of allylic oxidation sites excluding steroid dienone is 2. The van der Waals surface area contributed by atoms with Gasteiger partial charge in [0, 0.05) is 16.4 Å². The first-order chi connectivity index (χ1) is 18.0. The standard InChI is InChI=1S/C28H35N5O4S/c1-14-20-23(29)30-13-31-24(20)33(32-14)15(2)22-21(16-9-7-8-10-17(16)25(34)35-22)18-11-12-19(38-18)26-36-27(3,4)28(5,6)37-26/h11-13,15-17,26H,7-10H2,1-6H3,(H2,29,30,31). The number of aryl methyl sites for hydroxylation is 1. The Hall–Kier alpha value is -2.82. The number of cyclic esters (lactones) is 1. The summed E-state index contributed by atoms with van der Waals surface area (Å²) < 4.78 is 20.6. The summed E-state index contributed by atoms with van der Waals surface area (Å²) >= 11 is 1.65. The molecule has 3 aromatic heterocycles. The third kappa shape index (κ3) is 3.87. The fraction of sp³-hybridized carbons (Fsp3) is 0.571. The zero-order valence-electron chi connectivity index (χ0n) is 22.8. The van der Waals surface area contributed by atoms with Crippen molar-refractivity contribution in [2.45, 2.75) is 90.8 Å². The molecule has 1 saturated heterocycles. The molecule has 3 unspecified atom stereocenters. The summed E-state index contributed by atoms with van der Waals surface area (Å²) in [4.78, 5) is 24.0. The Morgan fingerprint density at radius 2 is 1.76 bits per heavy atom. The predicted molar refractivity (Wildman–Crippen MR) is 145 cm³/mol. The van der Waals surface area contributed by atoms with E-state index in [-0.39, 0.29) is 23.8 Å². The van der Waals surface area contributed by atoms with Crippen LogP contribution in [0.15, 0.2) is 24.2 Å². The highest BCUT2D eigenvalue weighted by molar-refractivity contribution is 7.13. The second kappa shape index (κ2) is 8.86. The number of hydrogen-bond acceptors (Lipinski definition) is 9. The zero-order chi connectivity index (χ0) is 27.0. The van der Waals surface area contributed by atoms with E-state index in [0.717, 1.165) is 52.1 Å². The molecule has 5 heterocycles. The summed E-state index contributed by atoms with van der Waals surface area (Å²) in [6.45, 7) is 12.1. The molecule has 3 atom stereocenters. The van der Waals surface area contributed by atoms with E-state index in [1.807, 2.05) is 13.8 Å². The highest BCUT2D eigenvalue weighted by atomic mass is 32.1. The van der Waals surface area contributed by atoms with Gasteiger partial charge in [0.15, 0.2) is 11.9 Å². The number of fused-ring (bicyclic) bond motifs is 2. The summed E-state index contributed by atoms with van der Waals surface area (Å²) in [5.74, 6) is 0.826. The Kier molecular flexibility index (Phi) is 5.93. The monoisotopic (exact) mass is 537 g/mol. The maximum Gasteiger partial charge on any atom is 0.314 e. The molecule has 202 valence electrons. The molecule has 2 fully saturated rings. The minimum atomic E-state index is -0.439.